The smallest absolute Gasteiger partial charge is 0.127 e. The Kier molecular flexibility index (Phi) is 6.24. The third-order valence-corrected chi connectivity index (χ3v) is 5.45. The van der Waals surface area contributed by atoms with Crippen LogP contribution in [0.15, 0.2) is 72.8 Å². The predicted molar refractivity (Wildman–Crippen MR) is 119 cm³/mol. The third kappa shape index (κ3) is 5.25. The van der Waals surface area contributed by atoms with Gasteiger partial charge in [-0.25, -0.2) is 0 Å². The van der Waals surface area contributed by atoms with Crippen LogP contribution in [0.3, 0.4) is 0 Å². The van der Waals surface area contributed by atoms with Crippen molar-refractivity contribution < 1.29 is 4.74 Å². The molecule has 3 aromatic rings. The van der Waals surface area contributed by atoms with Gasteiger partial charge in [-0.15, -0.1) is 0 Å². The molecule has 0 spiro atoms. The highest BCUT2D eigenvalue weighted by atomic mass is 16.5. The van der Waals surface area contributed by atoms with Crippen LogP contribution in [0, 0.1) is 19.3 Å². The molecule has 0 saturated heterocycles. The highest BCUT2D eigenvalue weighted by Gasteiger charge is 2.27. The molecule has 28 heavy (non-hydrogen) atoms. The molecule has 1 nitrogen and oxygen atoms in total. The maximum absolute atomic E-state index is 6.09. The summed E-state index contributed by atoms with van der Waals surface area (Å²) in [7, 11) is 0. The lowest BCUT2D eigenvalue weighted by Crippen LogP contribution is -2.20. The van der Waals surface area contributed by atoms with Crippen LogP contribution >= 0.6 is 0 Å². The Bertz CT molecular complexity index is 903. The molecule has 0 N–H and O–H groups in total. The largest absolute Gasteiger partial charge is 0.457 e. The molecule has 1 atom stereocenters. The fourth-order valence-corrected chi connectivity index (χ4v) is 3.93. The summed E-state index contributed by atoms with van der Waals surface area (Å²) < 4.78 is 6.09. The first kappa shape index (κ1) is 20.2. The molecule has 0 aliphatic rings. The highest BCUT2D eigenvalue weighted by molar-refractivity contribution is 5.40. The van der Waals surface area contributed by atoms with E-state index >= 15 is 0 Å². The molecule has 0 radical (unpaired) electrons. The second kappa shape index (κ2) is 8.65. The molecule has 0 aromatic heterocycles. The van der Waals surface area contributed by atoms with Crippen molar-refractivity contribution >= 4 is 0 Å². The Morgan fingerprint density at radius 3 is 2.14 bits per heavy atom. The molecule has 0 saturated carbocycles. The second-order valence-corrected chi connectivity index (χ2v) is 8.88. The van der Waals surface area contributed by atoms with Crippen molar-refractivity contribution in [1.29, 1.82) is 0 Å². The molecule has 0 amide bonds. The first-order valence-corrected chi connectivity index (χ1v) is 10.2. The Morgan fingerprint density at radius 1 is 0.786 bits per heavy atom. The Labute approximate surface area is 170 Å². The van der Waals surface area contributed by atoms with Crippen LogP contribution in [0.2, 0.25) is 0 Å². The number of benzene rings is 3. The quantitative estimate of drug-likeness (QED) is 0.428. The molecule has 0 heterocycles. The minimum atomic E-state index is 0.207. The van der Waals surface area contributed by atoms with Gasteiger partial charge in [-0.05, 0) is 84.5 Å². The zero-order valence-electron chi connectivity index (χ0n) is 17.8. The maximum Gasteiger partial charge on any atom is 0.127 e. The van der Waals surface area contributed by atoms with Crippen molar-refractivity contribution in [1.82, 2.24) is 0 Å². The average Bonchev–Trinajstić information content (AvgIpc) is 2.63. The Hall–Kier alpha value is -2.54. The lowest BCUT2D eigenvalue weighted by Gasteiger charge is -2.32. The first-order valence-electron chi connectivity index (χ1n) is 10.2. The maximum atomic E-state index is 6.09. The van der Waals surface area contributed by atoms with Gasteiger partial charge in [-0.3, -0.25) is 0 Å². The van der Waals surface area contributed by atoms with Crippen molar-refractivity contribution in [3.63, 3.8) is 0 Å². The van der Waals surface area contributed by atoms with Gasteiger partial charge in [0.15, 0.2) is 0 Å². The van der Waals surface area contributed by atoms with Crippen LogP contribution in [0.4, 0.5) is 0 Å². The fraction of sp³-hybridized carbons (Fsp3) is 0.333. The lowest BCUT2D eigenvalue weighted by molar-refractivity contribution is 0.304. The SMILES string of the molecule is Cc1cccc(Oc2ccc(C(CCc3ccccc3)C(C)(C)C)c(C)c2)c1. The minimum absolute atomic E-state index is 0.207. The van der Waals surface area contributed by atoms with E-state index < -0.39 is 0 Å². The second-order valence-electron chi connectivity index (χ2n) is 8.88. The van der Waals surface area contributed by atoms with E-state index in [1.54, 1.807) is 0 Å². The zero-order chi connectivity index (χ0) is 20.1. The standard InChI is InChI=1S/C27H32O/c1-20-10-9-13-23(18-20)28-24-15-16-25(21(2)19-24)26(27(3,4)5)17-14-22-11-7-6-8-12-22/h6-13,15-16,18-19,26H,14,17H2,1-5H3. The van der Waals surface area contributed by atoms with Gasteiger partial charge in [0.05, 0.1) is 0 Å². The van der Waals surface area contributed by atoms with Gasteiger partial charge in [-0.2, -0.15) is 0 Å². The Balaban J connectivity index is 1.80. The van der Waals surface area contributed by atoms with Gasteiger partial charge in [0.2, 0.25) is 0 Å². The summed E-state index contributed by atoms with van der Waals surface area (Å²) >= 11 is 0. The van der Waals surface area contributed by atoms with E-state index in [1.165, 1.54) is 22.3 Å². The molecular formula is C27H32O. The molecule has 3 rings (SSSR count). The summed E-state index contributed by atoms with van der Waals surface area (Å²) in [5.41, 5.74) is 5.56. The van der Waals surface area contributed by atoms with E-state index in [2.05, 4.69) is 95.3 Å². The van der Waals surface area contributed by atoms with Gasteiger partial charge >= 0.3 is 0 Å². The van der Waals surface area contributed by atoms with Crippen molar-refractivity contribution in [2.24, 2.45) is 5.41 Å². The van der Waals surface area contributed by atoms with Gasteiger partial charge in [0.25, 0.3) is 0 Å². The van der Waals surface area contributed by atoms with Crippen LogP contribution in [-0.4, -0.2) is 0 Å². The summed E-state index contributed by atoms with van der Waals surface area (Å²) in [5.74, 6) is 2.30. The van der Waals surface area contributed by atoms with E-state index in [4.69, 9.17) is 4.74 Å². The van der Waals surface area contributed by atoms with Crippen molar-refractivity contribution in [2.75, 3.05) is 0 Å². The van der Waals surface area contributed by atoms with E-state index in [-0.39, 0.29) is 5.41 Å². The summed E-state index contributed by atoms with van der Waals surface area (Å²) in [6, 6.07) is 25.6. The molecule has 0 aliphatic carbocycles. The molecule has 0 fully saturated rings. The number of hydrogen-bond donors (Lipinski definition) is 0. The fourth-order valence-electron chi connectivity index (χ4n) is 3.93. The van der Waals surface area contributed by atoms with Crippen molar-refractivity contribution in [2.45, 2.75) is 53.4 Å². The highest BCUT2D eigenvalue weighted by Crippen LogP contribution is 2.41. The monoisotopic (exact) mass is 372 g/mol. The topological polar surface area (TPSA) is 9.23 Å². The molecule has 3 aromatic carbocycles. The predicted octanol–water partition coefficient (Wildman–Crippen LogP) is 7.86. The summed E-state index contributed by atoms with van der Waals surface area (Å²) in [6.45, 7) is 11.3. The van der Waals surface area contributed by atoms with Crippen LogP contribution in [-0.2, 0) is 6.42 Å². The molecule has 0 bridgehead atoms. The molecule has 1 unspecified atom stereocenters. The summed E-state index contributed by atoms with van der Waals surface area (Å²) in [4.78, 5) is 0. The number of hydrogen-bond acceptors (Lipinski definition) is 1. The summed E-state index contributed by atoms with van der Waals surface area (Å²) in [5, 5.41) is 0. The van der Waals surface area contributed by atoms with Gasteiger partial charge in [-0.1, -0.05) is 69.3 Å². The van der Waals surface area contributed by atoms with Gasteiger partial charge in [0.1, 0.15) is 11.5 Å². The first-order chi connectivity index (χ1) is 13.3. The van der Waals surface area contributed by atoms with Crippen molar-refractivity contribution in [3.8, 4) is 11.5 Å². The molecule has 0 aliphatic heterocycles. The van der Waals surface area contributed by atoms with E-state index in [1.807, 2.05) is 12.1 Å². The van der Waals surface area contributed by atoms with Gasteiger partial charge in [0, 0.05) is 0 Å². The average molecular weight is 373 g/mol. The minimum Gasteiger partial charge on any atom is -0.457 e. The van der Waals surface area contributed by atoms with Gasteiger partial charge < -0.3 is 4.74 Å². The number of rotatable bonds is 6. The van der Waals surface area contributed by atoms with Crippen molar-refractivity contribution in [3.05, 3.63) is 95.1 Å². The zero-order valence-corrected chi connectivity index (χ0v) is 17.8. The van der Waals surface area contributed by atoms with E-state index in [9.17, 15) is 0 Å². The molecule has 146 valence electrons. The van der Waals surface area contributed by atoms with Crippen LogP contribution < -0.4 is 4.74 Å². The van der Waals surface area contributed by atoms with E-state index in [0.717, 1.165) is 24.3 Å². The summed E-state index contributed by atoms with van der Waals surface area (Å²) in [6.07, 6.45) is 2.25. The van der Waals surface area contributed by atoms with E-state index in [0.29, 0.717) is 5.92 Å². The molecular weight excluding hydrogens is 340 g/mol. The van der Waals surface area contributed by atoms with Crippen LogP contribution in [0.1, 0.15) is 55.4 Å². The number of aryl methyl sites for hydroxylation is 3. The van der Waals surface area contributed by atoms with Crippen LogP contribution in [0.5, 0.6) is 11.5 Å². The third-order valence-electron chi connectivity index (χ3n) is 5.45. The number of ether oxygens (including phenoxy) is 1. The lowest BCUT2D eigenvalue weighted by atomic mass is 9.72. The molecule has 1 heteroatoms. The Morgan fingerprint density at radius 2 is 1.50 bits per heavy atom. The van der Waals surface area contributed by atoms with Crippen LogP contribution in [0.25, 0.3) is 0 Å². The normalized spacial score (nSPS) is 12.6.